The lowest BCUT2D eigenvalue weighted by atomic mass is 10.0. The SMILES string of the molecule is COc1cc(C(=O)N2CCC(NC(=O)CCc3ccccc3)CC2)cc(Cl)c1OCC(N)=O. The van der Waals surface area contributed by atoms with Crippen LogP contribution in [0.2, 0.25) is 5.02 Å². The van der Waals surface area contributed by atoms with Crippen LogP contribution < -0.4 is 20.5 Å². The number of nitrogens with zero attached hydrogens (tertiary/aromatic N) is 1. The second-order valence-electron chi connectivity index (χ2n) is 7.86. The molecule has 1 saturated heterocycles. The van der Waals surface area contributed by atoms with Crippen LogP contribution >= 0.6 is 11.6 Å². The van der Waals surface area contributed by atoms with E-state index in [-0.39, 0.29) is 41.0 Å². The van der Waals surface area contributed by atoms with E-state index in [1.165, 1.54) is 19.2 Å². The number of aryl methyl sites for hydroxylation is 1. The first kappa shape index (κ1) is 24.4. The summed E-state index contributed by atoms with van der Waals surface area (Å²) >= 11 is 6.26. The second kappa shape index (κ2) is 11.6. The van der Waals surface area contributed by atoms with Crippen molar-refractivity contribution in [3.05, 3.63) is 58.6 Å². The number of primary amides is 1. The van der Waals surface area contributed by atoms with Crippen molar-refractivity contribution in [2.45, 2.75) is 31.7 Å². The lowest BCUT2D eigenvalue weighted by molar-refractivity contribution is -0.122. The molecular weight excluding hydrogens is 446 g/mol. The van der Waals surface area contributed by atoms with E-state index in [1.54, 1.807) is 4.90 Å². The van der Waals surface area contributed by atoms with E-state index in [9.17, 15) is 14.4 Å². The Balaban J connectivity index is 1.52. The van der Waals surface area contributed by atoms with Gasteiger partial charge in [-0.1, -0.05) is 41.9 Å². The topological polar surface area (TPSA) is 111 Å². The molecule has 1 heterocycles. The van der Waals surface area contributed by atoms with Gasteiger partial charge < -0.3 is 25.4 Å². The number of ether oxygens (including phenoxy) is 2. The van der Waals surface area contributed by atoms with Crippen LogP contribution in [-0.2, 0) is 16.0 Å². The number of likely N-dealkylation sites (tertiary alicyclic amines) is 1. The molecule has 0 atom stereocenters. The molecule has 3 rings (SSSR count). The number of rotatable bonds is 9. The number of piperidine rings is 1. The van der Waals surface area contributed by atoms with Crippen molar-refractivity contribution in [3.63, 3.8) is 0 Å². The van der Waals surface area contributed by atoms with Crippen molar-refractivity contribution in [1.29, 1.82) is 0 Å². The molecule has 1 aliphatic heterocycles. The Morgan fingerprint density at radius 3 is 2.48 bits per heavy atom. The van der Waals surface area contributed by atoms with Crippen LogP contribution in [0.25, 0.3) is 0 Å². The van der Waals surface area contributed by atoms with Crippen LogP contribution in [0.15, 0.2) is 42.5 Å². The number of amides is 3. The molecule has 0 bridgehead atoms. The average Bonchev–Trinajstić information content (AvgIpc) is 2.82. The highest BCUT2D eigenvalue weighted by Gasteiger charge is 2.26. The van der Waals surface area contributed by atoms with Crippen LogP contribution in [0, 0.1) is 0 Å². The summed E-state index contributed by atoms with van der Waals surface area (Å²) in [6, 6.07) is 13.0. The van der Waals surface area contributed by atoms with E-state index in [0.717, 1.165) is 5.56 Å². The zero-order valence-electron chi connectivity index (χ0n) is 18.5. The zero-order chi connectivity index (χ0) is 23.8. The van der Waals surface area contributed by atoms with Crippen LogP contribution in [0.1, 0.15) is 35.2 Å². The van der Waals surface area contributed by atoms with Gasteiger partial charge >= 0.3 is 0 Å². The van der Waals surface area contributed by atoms with Crippen molar-refractivity contribution in [1.82, 2.24) is 10.2 Å². The molecule has 33 heavy (non-hydrogen) atoms. The van der Waals surface area contributed by atoms with E-state index in [2.05, 4.69) is 5.32 Å². The molecule has 8 nitrogen and oxygen atoms in total. The van der Waals surface area contributed by atoms with E-state index < -0.39 is 5.91 Å². The molecule has 3 amide bonds. The molecule has 0 spiro atoms. The number of hydrogen-bond acceptors (Lipinski definition) is 5. The number of carbonyl (C=O) groups is 3. The molecule has 9 heteroatoms. The highest BCUT2D eigenvalue weighted by molar-refractivity contribution is 6.32. The molecule has 0 unspecified atom stereocenters. The minimum atomic E-state index is -0.650. The molecule has 2 aromatic rings. The van der Waals surface area contributed by atoms with Gasteiger partial charge in [-0.3, -0.25) is 14.4 Å². The summed E-state index contributed by atoms with van der Waals surface area (Å²) < 4.78 is 10.6. The Kier molecular flexibility index (Phi) is 8.54. The van der Waals surface area contributed by atoms with Gasteiger partial charge in [-0.2, -0.15) is 0 Å². The Hall–Kier alpha value is -3.26. The Labute approximate surface area is 198 Å². The van der Waals surface area contributed by atoms with Gasteiger partial charge in [0.15, 0.2) is 18.1 Å². The normalized spacial score (nSPS) is 13.9. The third-order valence-electron chi connectivity index (χ3n) is 5.47. The molecule has 176 valence electrons. The fourth-order valence-corrected chi connectivity index (χ4v) is 4.00. The van der Waals surface area contributed by atoms with Gasteiger partial charge in [-0.05, 0) is 37.0 Å². The van der Waals surface area contributed by atoms with Gasteiger partial charge in [0.05, 0.1) is 12.1 Å². The Bertz CT molecular complexity index is 991. The third-order valence-corrected chi connectivity index (χ3v) is 5.75. The molecule has 1 aliphatic rings. The van der Waals surface area contributed by atoms with Crippen LogP contribution in [0.5, 0.6) is 11.5 Å². The van der Waals surface area contributed by atoms with Crippen molar-refractivity contribution >= 4 is 29.3 Å². The maximum Gasteiger partial charge on any atom is 0.255 e. The fourth-order valence-electron chi connectivity index (χ4n) is 3.74. The monoisotopic (exact) mass is 473 g/mol. The first-order valence-corrected chi connectivity index (χ1v) is 11.2. The summed E-state index contributed by atoms with van der Waals surface area (Å²) in [5.74, 6) is -0.417. The first-order valence-electron chi connectivity index (χ1n) is 10.8. The van der Waals surface area contributed by atoms with Crippen LogP contribution in [-0.4, -0.2) is 55.5 Å². The maximum absolute atomic E-state index is 13.0. The summed E-state index contributed by atoms with van der Waals surface area (Å²) in [5, 5.41) is 3.23. The van der Waals surface area contributed by atoms with Crippen molar-refractivity contribution in [3.8, 4) is 11.5 Å². The predicted octanol–water partition coefficient (Wildman–Crippen LogP) is 2.57. The molecule has 0 saturated carbocycles. The lowest BCUT2D eigenvalue weighted by Gasteiger charge is -2.32. The minimum Gasteiger partial charge on any atom is -0.493 e. The number of halogens is 1. The van der Waals surface area contributed by atoms with Gasteiger partial charge in [-0.15, -0.1) is 0 Å². The van der Waals surface area contributed by atoms with Crippen LogP contribution in [0.3, 0.4) is 0 Å². The fraction of sp³-hybridized carbons (Fsp3) is 0.375. The third kappa shape index (κ3) is 6.86. The highest BCUT2D eigenvalue weighted by atomic mass is 35.5. The van der Waals surface area contributed by atoms with Gasteiger partial charge in [0.25, 0.3) is 11.8 Å². The van der Waals surface area contributed by atoms with E-state index in [0.29, 0.717) is 44.3 Å². The van der Waals surface area contributed by atoms with Crippen molar-refractivity contribution in [2.75, 3.05) is 26.8 Å². The molecule has 2 aromatic carbocycles. The smallest absolute Gasteiger partial charge is 0.255 e. The Morgan fingerprint density at radius 2 is 1.85 bits per heavy atom. The van der Waals surface area contributed by atoms with E-state index in [4.69, 9.17) is 26.8 Å². The van der Waals surface area contributed by atoms with Crippen molar-refractivity contribution < 1.29 is 23.9 Å². The van der Waals surface area contributed by atoms with Gasteiger partial charge in [0.1, 0.15) is 0 Å². The molecule has 1 fully saturated rings. The summed E-state index contributed by atoms with van der Waals surface area (Å²) in [4.78, 5) is 38.0. The molecule has 3 N–H and O–H groups in total. The summed E-state index contributed by atoms with van der Waals surface area (Å²) in [5.41, 5.74) is 6.60. The largest absolute Gasteiger partial charge is 0.493 e. The van der Waals surface area contributed by atoms with E-state index >= 15 is 0 Å². The number of benzene rings is 2. The number of carbonyl (C=O) groups excluding carboxylic acids is 3. The molecular formula is C24H28ClN3O5. The summed E-state index contributed by atoms with van der Waals surface area (Å²) in [6.45, 7) is 0.679. The minimum absolute atomic E-state index is 0.0201. The number of hydrogen-bond donors (Lipinski definition) is 2. The average molecular weight is 474 g/mol. The van der Waals surface area contributed by atoms with Gasteiger partial charge in [-0.25, -0.2) is 0 Å². The zero-order valence-corrected chi connectivity index (χ0v) is 19.3. The molecule has 0 radical (unpaired) electrons. The first-order chi connectivity index (χ1) is 15.9. The number of nitrogens with one attached hydrogen (secondary N) is 1. The van der Waals surface area contributed by atoms with Crippen molar-refractivity contribution in [2.24, 2.45) is 5.73 Å². The number of nitrogens with two attached hydrogens (primary N) is 1. The summed E-state index contributed by atoms with van der Waals surface area (Å²) in [7, 11) is 1.42. The second-order valence-corrected chi connectivity index (χ2v) is 8.27. The van der Waals surface area contributed by atoms with Gasteiger partial charge in [0.2, 0.25) is 5.91 Å². The van der Waals surface area contributed by atoms with Crippen LogP contribution in [0.4, 0.5) is 0 Å². The van der Waals surface area contributed by atoms with E-state index in [1.807, 2.05) is 30.3 Å². The molecule has 0 aromatic heterocycles. The summed E-state index contributed by atoms with van der Waals surface area (Å²) in [6.07, 6.45) is 2.48. The quantitative estimate of drug-likeness (QED) is 0.581. The molecule has 0 aliphatic carbocycles. The maximum atomic E-state index is 13.0. The van der Waals surface area contributed by atoms with Gasteiger partial charge in [0, 0.05) is 31.1 Å². The standard InChI is InChI=1S/C24H28ClN3O5/c1-32-20-14-17(13-19(25)23(20)33-15-21(26)29)24(31)28-11-9-18(10-12-28)27-22(30)8-7-16-5-3-2-4-6-16/h2-6,13-14,18H,7-12,15H2,1H3,(H2,26,29)(H,27,30). The highest BCUT2D eigenvalue weighted by Crippen LogP contribution is 2.37. The Morgan fingerprint density at radius 1 is 1.15 bits per heavy atom. The lowest BCUT2D eigenvalue weighted by Crippen LogP contribution is -2.46. The number of methoxy groups -OCH3 is 1. The predicted molar refractivity (Wildman–Crippen MR) is 125 cm³/mol.